The molecule has 0 bridgehead atoms. The summed E-state index contributed by atoms with van der Waals surface area (Å²) >= 11 is 0. The van der Waals surface area contributed by atoms with Crippen LogP contribution in [0.1, 0.15) is 12.8 Å². The molecule has 0 aromatic rings. The fourth-order valence-electron chi connectivity index (χ4n) is 1.41. The van der Waals surface area contributed by atoms with E-state index in [1.54, 1.807) is 0 Å². The van der Waals surface area contributed by atoms with Gasteiger partial charge in [-0.1, -0.05) is 17.7 Å². The maximum Gasteiger partial charge on any atom is 0.224 e. The molecule has 2 nitrogen and oxygen atoms in total. The molecule has 1 aliphatic heterocycles. The van der Waals surface area contributed by atoms with Crippen LogP contribution in [-0.2, 0) is 4.79 Å². The zero-order valence-corrected chi connectivity index (χ0v) is 5.68. The maximum absolute atomic E-state index is 10.8. The minimum absolute atomic E-state index is 0.169. The summed E-state index contributed by atoms with van der Waals surface area (Å²) in [4.78, 5) is 10.8. The predicted octanol–water partition coefficient (Wildman–Crippen LogP) is 0.763. The summed E-state index contributed by atoms with van der Waals surface area (Å²) in [5, 5.41) is 2.81. The van der Waals surface area contributed by atoms with Crippen LogP contribution in [-0.4, -0.2) is 12.5 Å². The Morgan fingerprint density at radius 1 is 1.50 bits per heavy atom. The van der Waals surface area contributed by atoms with Gasteiger partial charge < -0.3 is 5.32 Å². The highest BCUT2D eigenvalue weighted by Crippen LogP contribution is 2.23. The predicted molar refractivity (Wildman–Crippen MR) is 38.4 cm³/mol. The summed E-state index contributed by atoms with van der Waals surface area (Å²) < 4.78 is 0. The summed E-state index contributed by atoms with van der Waals surface area (Å²) in [6, 6.07) is 0. The normalized spacial score (nSPS) is 23.0. The lowest BCUT2D eigenvalue weighted by Crippen LogP contribution is -2.29. The van der Waals surface area contributed by atoms with Crippen LogP contribution in [0.3, 0.4) is 0 Å². The van der Waals surface area contributed by atoms with Crippen molar-refractivity contribution in [2.24, 2.45) is 0 Å². The maximum atomic E-state index is 10.8. The molecule has 1 amide bonds. The van der Waals surface area contributed by atoms with E-state index in [4.69, 9.17) is 0 Å². The fraction of sp³-hybridized carbons (Fsp3) is 0.375. The third kappa shape index (κ3) is 0.764. The molecule has 0 aromatic carbocycles. The summed E-state index contributed by atoms with van der Waals surface area (Å²) in [5.41, 5.74) is 2.63. The quantitative estimate of drug-likeness (QED) is 0.522. The SMILES string of the molecule is O=C1CC2=C(C=CC2)CN1. The van der Waals surface area contributed by atoms with Crippen molar-refractivity contribution in [3.63, 3.8) is 0 Å². The minimum Gasteiger partial charge on any atom is -0.352 e. The van der Waals surface area contributed by atoms with E-state index in [-0.39, 0.29) is 5.91 Å². The molecule has 0 saturated heterocycles. The van der Waals surface area contributed by atoms with Gasteiger partial charge in [0.15, 0.2) is 0 Å². The Balaban J connectivity index is 2.26. The van der Waals surface area contributed by atoms with E-state index in [0.29, 0.717) is 6.42 Å². The van der Waals surface area contributed by atoms with Gasteiger partial charge in [0.2, 0.25) is 5.91 Å². The van der Waals surface area contributed by atoms with E-state index in [9.17, 15) is 4.79 Å². The molecule has 1 N–H and O–H groups in total. The number of hydrogen-bond donors (Lipinski definition) is 1. The molecule has 0 spiro atoms. The molecule has 52 valence electrons. The Morgan fingerprint density at radius 2 is 2.40 bits per heavy atom. The smallest absolute Gasteiger partial charge is 0.224 e. The molecule has 2 heteroatoms. The average molecular weight is 135 g/mol. The highest BCUT2D eigenvalue weighted by atomic mass is 16.1. The van der Waals surface area contributed by atoms with Gasteiger partial charge >= 0.3 is 0 Å². The number of carbonyl (C=O) groups excluding carboxylic acids is 1. The molecular formula is C8H9NO. The van der Waals surface area contributed by atoms with Crippen LogP contribution in [0.5, 0.6) is 0 Å². The van der Waals surface area contributed by atoms with E-state index in [1.807, 2.05) is 0 Å². The van der Waals surface area contributed by atoms with Crippen LogP contribution in [0.2, 0.25) is 0 Å². The molecule has 2 rings (SSSR count). The summed E-state index contributed by atoms with van der Waals surface area (Å²) in [7, 11) is 0. The second kappa shape index (κ2) is 1.97. The minimum atomic E-state index is 0.169. The number of nitrogens with one attached hydrogen (secondary N) is 1. The molecule has 0 radical (unpaired) electrons. The van der Waals surface area contributed by atoms with Crippen molar-refractivity contribution in [2.45, 2.75) is 12.8 Å². The van der Waals surface area contributed by atoms with Crippen molar-refractivity contribution < 1.29 is 4.79 Å². The van der Waals surface area contributed by atoms with Crippen molar-refractivity contribution in [2.75, 3.05) is 6.54 Å². The van der Waals surface area contributed by atoms with E-state index >= 15 is 0 Å². The standard InChI is InChI=1S/C8H9NO/c10-8-4-6-2-1-3-7(6)5-9-8/h1,3H,2,4-5H2,(H,9,10). The van der Waals surface area contributed by atoms with E-state index in [1.165, 1.54) is 11.1 Å². The van der Waals surface area contributed by atoms with Crippen LogP contribution in [0.25, 0.3) is 0 Å². The van der Waals surface area contributed by atoms with Crippen molar-refractivity contribution in [1.82, 2.24) is 5.32 Å². The van der Waals surface area contributed by atoms with E-state index < -0.39 is 0 Å². The van der Waals surface area contributed by atoms with Crippen LogP contribution in [0.15, 0.2) is 23.3 Å². The lowest BCUT2D eigenvalue weighted by Gasteiger charge is -2.13. The highest BCUT2D eigenvalue weighted by Gasteiger charge is 2.17. The van der Waals surface area contributed by atoms with Gasteiger partial charge in [-0.25, -0.2) is 0 Å². The van der Waals surface area contributed by atoms with Crippen molar-refractivity contribution >= 4 is 5.91 Å². The monoisotopic (exact) mass is 135 g/mol. The lowest BCUT2D eigenvalue weighted by molar-refractivity contribution is -0.120. The Labute approximate surface area is 59.6 Å². The van der Waals surface area contributed by atoms with E-state index in [0.717, 1.165) is 13.0 Å². The van der Waals surface area contributed by atoms with Gasteiger partial charge in [-0.05, 0) is 12.0 Å². The Hall–Kier alpha value is -1.05. The highest BCUT2D eigenvalue weighted by molar-refractivity contribution is 5.81. The van der Waals surface area contributed by atoms with Crippen molar-refractivity contribution in [3.8, 4) is 0 Å². The largest absolute Gasteiger partial charge is 0.352 e. The molecule has 10 heavy (non-hydrogen) atoms. The number of carbonyl (C=O) groups is 1. The topological polar surface area (TPSA) is 29.1 Å². The first-order chi connectivity index (χ1) is 4.86. The lowest BCUT2D eigenvalue weighted by atomic mass is 10.0. The van der Waals surface area contributed by atoms with Crippen molar-refractivity contribution in [1.29, 1.82) is 0 Å². The number of hydrogen-bond acceptors (Lipinski definition) is 1. The average Bonchev–Trinajstić information content (AvgIpc) is 2.33. The van der Waals surface area contributed by atoms with E-state index in [2.05, 4.69) is 17.5 Å². The van der Waals surface area contributed by atoms with Crippen LogP contribution in [0.4, 0.5) is 0 Å². The Bertz CT molecular complexity index is 238. The van der Waals surface area contributed by atoms with Gasteiger partial charge in [-0.2, -0.15) is 0 Å². The molecular weight excluding hydrogens is 126 g/mol. The molecule has 0 saturated carbocycles. The van der Waals surface area contributed by atoms with Gasteiger partial charge in [0.25, 0.3) is 0 Å². The molecule has 1 heterocycles. The third-order valence-electron chi connectivity index (χ3n) is 1.99. The Morgan fingerprint density at radius 3 is 3.30 bits per heavy atom. The summed E-state index contributed by atoms with van der Waals surface area (Å²) in [5.74, 6) is 0.169. The number of rotatable bonds is 0. The zero-order valence-electron chi connectivity index (χ0n) is 5.68. The first kappa shape index (κ1) is 5.71. The Kier molecular flexibility index (Phi) is 1.13. The second-order valence-corrected chi connectivity index (χ2v) is 2.69. The van der Waals surface area contributed by atoms with Gasteiger partial charge in [-0.15, -0.1) is 0 Å². The van der Waals surface area contributed by atoms with Crippen LogP contribution < -0.4 is 5.32 Å². The van der Waals surface area contributed by atoms with Gasteiger partial charge in [0.1, 0.15) is 0 Å². The fourth-order valence-corrected chi connectivity index (χ4v) is 1.41. The first-order valence-corrected chi connectivity index (χ1v) is 3.50. The first-order valence-electron chi connectivity index (χ1n) is 3.50. The molecule has 0 atom stereocenters. The van der Waals surface area contributed by atoms with Gasteiger partial charge in [0, 0.05) is 13.0 Å². The number of allylic oxidation sites excluding steroid dienone is 1. The van der Waals surface area contributed by atoms with Gasteiger partial charge in [0.05, 0.1) is 0 Å². The molecule has 0 fully saturated rings. The van der Waals surface area contributed by atoms with Crippen molar-refractivity contribution in [3.05, 3.63) is 23.3 Å². The molecule has 1 aliphatic carbocycles. The third-order valence-corrected chi connectivity index (χ3v) is 1.99. The summed E-state index contributed by atoms with van der Waals surface area (Å²) in [6.07, 6.45) is 5.82. The van der Waals surface area contributed by atoms with Crippen LogP contribution >= 0.6 is 0 Å². The number of amides is 1. The van der Waals surface area contributed by atoms with Crippen LogP contribution in [0, 0.1) is 0 Å². The second-order valence-electron chi connectivity index (χ2n) is 2.69. The summed E-state index contributed by atoms with van der Waals surface area (Å²) in [6.45, 7) is 0.741. The zero-order chi connectivity index (χ0) is 6.97. The molecule has 0 unspecified atom stereocenters. The molecule has 0 aromatic heterocycles. The van der Waals surface area contributed by atoms with Gasteiger partial charge in [-0.3, -0.25) is 4.79 Å². The molecule has 2 aliphatic rings.